The molecular weight excluding hydrogens is 258 g/mol. The first-order valence-corrected chi connectivity index (χ1v) is 6.48. The molecule has 0 spiro atoms. The summed E-state index contributed by atoms with van der Waals surface area (Å²) in [5.74, 6) is 0.630. The number of para-hydroxylation sites is 1. The zero-order valence-corrected chi connectivity index (χ0v) is 11.5. The van der Waals surface area contributed by atoms with Crippen molar-refractivity contribution in [3.05, 3.63) is 40.4 Å². The lowest BCUT2D eigenvalue weighted by molar-refractivity contribution is 0.152. The number of aromatic nitrogens is 2. The van der Waals surface area contributed by atoms with Gasteiger partial charge in [-0.15, -0.1) is 0 Å². The number of fused-ring (bicyclic) bond motifs is 1. The van der Waals surface area contributed by atoms with Gasteiger partial charge >= 0.3 is 6.09 Å². The zero-order chi connectivity index (χ0) is 14.5. The molecule has 1 heterocycles. The van der Waals surface area contributed by atoms with Crippen LogP contribution in [0.15, 0.2) is 29.1 Å². The molecule has 0 saturated heterocycles. The highest BCUT2D eigenvalue weighted by Gasteiger charge is 2.08. The molecule has 0 fully saturated rings. The summed E-state index contributed by atoms with van der Waals surface area (Å²) in [7, 11) is 1.68. The molecule has 6 heteroatoms. The Bertz CT molecular complexity index is 679. The molecule has 2 rings (SSSR count). The van der Waals surface area contributed by atoms with E-state index in [-0.39, 0.29) is 5.56 Å². The van der Waals surface area contributed by atoms with E-state index in [9.17, 15) is 9.59 Å². The third-order valence-electron chi connectivity index (χ3n) is 2.97. The maximum absolute atomic E-state index is 12.2. The second-order valence-electron chi connectivity index (χ2n) is 4.31. The Labute approximate surface area is 116 Å². The van der Waals surface area contributed by atoms with E-state index in [1.807, 2.05) is 12.1 Å². The van der Waals surface area contributed by atoms with Gasteiger partial charge in [-0.1, -0.05) is 12.1 Å². The van der Waals surface area contributed by atoms with Gasteiger partial charge in [-0.05, 0) is 19.1 Å². The Morgan fingerprint density at radius 1 is 1.40 bits per heavy atom. The van der Waals surface area contributed by atoms with E-state index < -0.39 is 6.09 Å². The Kier molecular flexibility index (Phi) is 4.34. The predicted molar refractivity (Wildman–Crippen MR) is 75.7 cm³/mol. The van der Waals surface area contributed by atoms with Gasteiger partial charge in [0.15, 0.2) is 0 Å². The highest BCUT2D eigenvalue weighted by Crippen LogP contribution is 2.07. The van der Waals surface area contributed by atoms with Gasteiger partial charge in [-0.2, -0.15) is 0 Å². The van der Waals surface area contributed by atoms with Crippen LogP contribution >= 0.6 is 0 Å². The smallest absolute Gasteiger partial charge is 0.407 e. The molecule has 2 aromatic rings. The van der Waals surface area contributed by atoms with Crippen LogP contribution in [0.1, 0.15) is 12.7 Å². The van der Waals surface area contributed by atoms with Gasteiger partial charge < -0.3 is 10.1 Å². The van der Waals surface area contributed by atoms with Gasteiger partial charge in [0, 0.05) is 20.0 Å². The first kappa shape index (κ1) is 14.0. The maximum Gasteiger partial charge on any atom is 0.407 e. The van der Waals surface area contributed by atoms with Crippen LogP contribution in [0, 0.1) is 0 Å². The molecule has 0 saturated carbocycles. The molecule has 0 aliphatic rings. The average molecular weight is 275 g/mol. The fourth-order valence-corrected chi connectivity index (χ4v) is 1.95. The first-order valence-electron chi connectivity index (χ1n) is 6.48. The molecule has 0 aliphatic carbocycles. The van der Waals surface area contributed by atoms with E-state index in [2.05, 4.69) is 10.3 Å². The maximum atomic E-state index is 12.2. The van der Waals surface area contributed by atoms with Crippen molar-refractivity contribution in [2.75, 3.05) is 13.2 Å². The van der Waals surface area contributed by atoms with Crippen LogP contribution in [0.3, 0.4) is 0 Å². The van der Waals surface area contributed by atoms with Crippen molar-refractivity contribution < 1.29 is 9.53 Å². The Morgan fingerprint density at radius 3 is 2.90 bits per heavy atom. The quantitative estimate of drug-likeness (QED) is 0.910. The van der Waals surface area contributed by atoms with Gasteiger partial charge in [0.05, 0.1) is 17.5 Å². The van der Waals surface area contributed by atoms with Crippen molar-refractivity contribution >= 4 is 17.0 Å². The zero-order valence-electron chi connectivity index (χ0n) is 11.5. The standard InChI is InChI=1S/C14H17N3O3/c1-3-20-14(19)15-9-8-12-16-11-7-5-4-6-10(11)13(18)17(12)2/h4-7H,3,8-9H2,1-2H3,(H,15,19). The number of hydrogen-bond donors (Lipinski definition) is 1. The highest BCUT2D eigenvalue weighted by atomic mass is 16.5. The summed E-state index contributed by atoms with van der Waals surface area (Å²) in [6.45, 7) is 2.45. The summed E-state index contributed by atoms with van der Waals surface area (Å²) in [5.41, 5.74) is 0.587. The molecule has 6 nitrogen and oxygen atoms in total. The van der Waals surface area contributed by atoms with Gasteiger partial charge in [0.25, 0.3) is 5.56 Å². The largest absolute Gasteiger partial charge is 0.450 e. The van der Waals surface area contributed by atoms with Gasteiger partial charge in [0.1, 0.15) is 5.82 Å². The molecule has 1 aromatic carbocycles. The van der Waals surface area contributed by atoms with Crippen molar-refractivity contribution in [3.8, 4) is 0 Å². The number of benzene rings is 1. The Morgan fingerprint density at radius 2 is 2.15 bits per heavy atom. The average Bonchev–Trinajstić information content (AvgIpc) is 2.44. The molecular formula is C14H17N3O3. The van der Waals surface area contributed by atoms with E-state index in [0.29, 0.717) is 36.3 Å². The van der Waals surface area contributed by atoms with E-state index in [1.165, 1.54) is 4.57 Å². The summed E-state index contributed by atoms with van der Waals surface area (Å²) in [5, 5.41) is 3.20. The summed E-state index contributed by atoms with van der Waals surface area (Å²) >= 11 is 0. The highest BCUT2D eigenvalue weighted by molar-refractivity contribution is 5.77. The summed E-state index contributed by atoms with van der Waals surface area (Å²) in [6, 6.07) is 7.22. The minimum Gasteiger partial charge on any atom is -0.450 e. The molecule has 1 N–H and O–H groups in total. The lowest BCUT2D eigenvalue weighted by Gasteiger charge is -2.09. The molecule has 106 valence electrons. The van der Waals surface area contributed by atoms with E-state index >= 15 is 0 Å². The lowest BCUT2D eigenvalue weighted by atomic mass is 10.2. The Balaban J connectivity index is 2.16. The van der Waals surface area contributed by atoms with Crippen LogP contribution < -0.4 is 10.9 Å². The molecule has 0 bridgehead atoms. The Hall–Kier alpha value is -2.37. The van der Waals surface area contributed by atoms with Crippen LogP contribution in [0.4, 0.5) is 4.79 Å². The van der Waals surface area contributed by atoms with E-state index in [1.54, 1.807) is 26.1 Å². The van der Waals surface area contributed by atoms with Crippen molar-refractivity contribution in [1.29, 1.82) is 0 Å². The van der Waals surface area contributed by atoms with Crippen LogP contribution in [-0.4, -0.2) is 28.8 Å². The number of nitrogens with one attached hydrogen (secondary N) is 1. The molecule has 0 aliphatic heterocycles. The number of ether oxygens (including phenoxy) is 1. The number of nitrogens with zero attached hydrogens (tertiary/aromatic N) is 2. The number of amides is 1. The molecule has 1 amide bonds. The molecule has 0 unspecified atom stereocenters. The monoisotopic (exact) mass is 275 g/mol. The summed E-state index contributed by atoms with van der Waals surface area (Å²) < 4.78 is 6.27. The molecule has 20 heavy (non-hydrogen) atoms. The third kappa shape index (κ3) is 2.96. The minimum atomic E-state index is -0.460. The fourth-order valence-electron chi connectivity index (χ4n) is 1.95. The normalized spacial score (nSPS) is 10.5. The second kappa shape index (κ2) is 6.18. The van der Waals surface area contributed by atoms with E-state index in [4.69, 9.17) is 4.74 Å². The SMILES string of the molecule is CCOC(=O)NCCc1nc2ccccc2c(=O)n1C. The number of hydrogen-bond acceptors (Lipinski definition) is 4. The lowest BCUT2D eigenvalue weighted by Crippen LogP contribution is -2.29. The third-order valence-corrected chi connectivity index (χ3v) is 2.97. The van der Waals surface area contributed by atoms with Crippen LogP contribution in [0.25, 0.3) is 10.9 Å². The van der Waals surface area contributed by atoms with Gasteiger partial charge in [0.2, 0.25) is 0 Å². The van der Waals surface area contributed by atoms with Gasteiger partial charge in [-0.25, -0.2) is 9.78 Å². The van der Waals surface area contributed by atoms with E-state index in [0.717, 1.165) is 0 Å². The van der Waals surface area contributed by atoms with Crippen LogP contribution in [-0.2, 0) is 18.2 Å². The van der Waals surface area contributed by atoms with Crippen molar-refractivity contribution in [2.24, 2.45) is 7.05 Å². The predicted octanol–water partition coefficient (Wildman–Crippen LogP) is 1.22. The summed E-state index contributed by atoms with van der Waals surface area (Å²) in [6.07, 6.45) is 0.00773. The fraction of sp³-hybridized carbons (Fsp3) is 0.357. The molecule has 0 atom stereocenters. The number of alkyl carbamates (subject to hydrolysis) is 1. The molecule has 1 aromatic heterocycles. The minimum absolute atomic E-state index is 0.0817. The number of rotatable bonds is 4. The first-order chi connectivity index (χ1) is 9.63. The second-order valence-corrected chi connectivity index (χ2v) is 4.31. The van der Waals surface area contributed by atoms with Crippen molar-refractivity contribution in [3.63, 3.8) is 0 Å². The van der Waals surface area contributed by atoms with Crippen LogP contribution in [0.2, 0.25) is 0 Å². The summed E-state index contributed by atoms with van der Waals surface area (Å²) in [4.78, 5) is 27.8. The topological polar surface area (TPSA) is 73.2 Å². The number of carbonyl (C=O) groups is 1. The molecule has 0 radical (unpaired) electrons. The van der Waals surface area contributed by atoms with Crippen LogP contribution in [0.5, 0.6) is 0 Å². The van der Waals surface area contributed by atoms with Gasteiger partial charge in [-0.3, -0.25) is 9.36 Å². The van der Waals surface area contributed by atoms with Crippen molar-refractivity contribution in [1.82, 2.24) is 14.9 Å². The number of carbonyl (C=O) groups excluding carboxylic acids is 1. The van der Waals surface area contributed by atoms with Crippen molar-refractivity contribution in [2.45, 2.75) is 13.3 Å².